The van der Waals surface area contributed by atoms with Crippen molar-refractivity contribution < 1.29 is 4.39 Å². The Morgan fingerprint density at radius 2 is 1.57 bits per heavy atom. The van der Waals surface area contributed by atoms with Crippen molar-refractivity contribution in [2.75, 3.05) is 0 Å². The molecule has 1 aliphatic carbocycles. The van der Waals surface area contributed by atoms with Crippen molar-refractivity contribution in [2.24, 2.45) is 5.92 Å². The lowest BCUT2D eigenvalue weighted by molar-refractivity contribution is 0.324. The normalized spacial score (nSPS) is 17.7. The summed E-state index contributed by atoms with van der Waals surface area (Å²) in [6.45, 7) is 6.12. The minimum Gasteiger partial charge on any atom is -0.206 e. The molecule has 0 spiro atoms. The van der Waals surface area contributed by atoms with Crippen LogP contribution in [0.3, 0.4) is 0 Å². The van der Waals surface area contributed by atoms with E-state index in [1.165, 1.54) is 50.5 Å². The Labute approximate surface area is 211 Å². The van der Waals surface area contributed by atoms with E-state index in [9.17, 15) is 0 Å². The molecule has 1 heteroatoms. The van der Waals surface area contributed by atoms with Crippen LogP contribution in [0.1, 0.15) is 99.3 Å². The number of benzene rings is 3. The van der Waals surface area contributed by atoms with E-state index in [0.717, 1.165) is 53.7 Å². The molecule has 0 amide bonds. The fourth-order valence-electron chi connectivity index (χ4n) is 5.48. The van der Waals surface area contributed by atoms with Crippen LogP contribution in [0.5, 0.6) is 0 Å². The van der Waals surface area contributed by atoms with Crippen molar-refractivity contribution in [1.82, 2.24) is 0 Å². The highest BCUT2D eigenvalue weighted by molar-refractivity contribution is 5.85. The van der Waals surface area contributed by atoms with Gasteiger partial charge in [-0.2, -0.15) is 0 Å². The van der Waals surface area contributed by atoms with Gasteiger partial charge in [-0.25, -0.2) is 4.39 Å². The van der Waals surface area contributed by atoms with E-state index in [1.807, 2.05) is 30.3 Å². The Morgan fingerprint density at radius 1 is 0.857 bits per heavy atom. The first kappa shape index (κ1) is 25.2. The molecule has 0 heterocycles. The van der Waals surface area contributed by atoms with Gasteiger partial charge in [0.1, 0.15) is 5.82 Å². The molecule has 0 radical (unpaired) electrons. The number of hydrogen-bond donors (Lipinski definition) is 0. The van der Waals surface area contributed by atoms with Gasteiger partial charge in [-0.15, -0.1) is 6.58 Å². The second-order valence-electron chi connectivity index (χ2n) is 10.3. The summed E-state index contributed by atoms with van der Waals surface area (Å²) in [6.07, 6.45) is 15.3. The summed E-state index contributed by atoms with van der Waals surface area (Å²) in [5, 5.41) is 1.64. The van der Waals surface area contributed by atoms with Gasteiger partial charge < -0.3 is 0 Å². The van der Waals surface area contributed by atoms with Gasteiger partial charge in [0, 0.05) is 16.5 Å². The van der Waals surface area contributed by atoms with Crippen LogP contribution in [0.15, 0.2) is 67.3 Å². The number of allylic oxidation sites excluding steroid dienone is 1. The Bertz CT molecular complexity index is 1170. The Kier molecular flexibility index (Phi) is 9.19. The molecule has 1 aliphatic rings. The van der Waals surface area contributed by atoms with Crippen LogP contribution in [-0.4, -0.2) is 0 Å². The monoisotopic (exact) mass is 466 g/mol. The lowest BCUT2D eigenvalue weighted by Crippen LogP contribution is -2.14. The predicted molar refractivity (Wildman–Crippen MR) is 148 cm³/mol. The second-order valence-corrected chi connectivity index (χ2v) is 10.3. The van der Waals surface area contributed by atoms with E-state index >= 15 is 4.39 Å². The Balaban J connectivity index is 1.40. The van der Waals surface area contributed by atoms with Crippen molar-refractivity contribution >= 4 is 10.8 Å². The van der Waals surface area contributed by atoms with Gasteiger partial charge in [0.05, 0.1) is 0 Å². The first-order valence-electron chi connectivity index (χ1n) is 13.6. The summed E-state index contributed by atoms with van der Waals surface area (Å²) < 4.78 is 15.4. The maximum absolute atomic E-state index is 15.4. The van der Waals surface area contributed by atoms with Crippen molar-refractivity contribution in [3.8, 4) is 11.8 Å². The molecule has 0 N–H and O–H groups in total. The third kappa shape index (κ3) is 6.85. The van der Waals surface area contributed by atoms with Crippen molar-refractivity contribution in [3.63, 3.8) is 0 Å². The summed E-state index contributed by atoms with van der Waals surface area (Å²) in [7, 11) is 0. The molecule has 0 bridgehead atoms. The van der Waals surface area contributed by atoms with Gasteiger partial charge in [-0.05, 0) is 97.6 Å². The van der Waals surface area contributed by atoms with Crippen LogP contribution in [0, 0.1) is 23.6 Å². The zero-order valence-corrected chi connectivity index (χ0v) is 21.3. The highest BCUT2D eigenvalue weighted by Gasteiger charge is 2.24. The van der Waals surface area contributed by atoms with Crippen LogP contribution < -0.4 is 0 Å². The number of fused-ring (bicyclic) bond motifs is 1. The zero-order chi connectivity index (χ0) is 24.5. The number of aryl methyl sites for hydroxylation is 1. The molecular formula is C34H39F. The molecule has 0 saturated heterocycles. The van der Waals surface area contributed by atoms with Crippen LogP contribution >= 0.6 is 0 Å². The third-order valence-electron chi connectivity index (χ3n) is 7.64. The van der Waals surface area contributed by atoms with E-state index in [-0.39, 0.29) is 5.82 Å². The van der Waals surface area contributed by atoms with Crippen molar-refractivity contribution in [1.29, 1.82) is 0 Å². The maximum atomic E-state index is 15.4. The average Bonchev–Trinajstić information content (AvgIpc) is 2.89. The van der Waals surface area contributed by atoms with Crippen LogP contribution in [0.4, 0.5) is 4.39 Å². The first-order valence-corrected chi connectivity index (χ1v) is 13.6. The first-order chi connectivity index (χ1) is 17.2. The minimum atomic E-state index is -0.0422. The maximum Gasteiger partial charge on any atom is 0.134 e. The number of hydrogen-bond acceptors (Lipinski definition) is 0. The van der Waals surface area contributed by atoms with E-state index in [4.69, 9.17) is 0 Å². The predicted octanol–water partition coefficient (Wildman–Crippen LogP) is 9.74. The van der Waals surface area contributed by atoms with Gasteiger partial charge >= 0.3 is 0 Å². The van der Waals surface area contributed by atoms with E-state index < -0.39 is 0 Å². The molecule has 1 fully saturated rings. The molecule has 35 heavy (non-hydrogen) atoms. The summed E-state index contributed by atoms with van der Waals surface area (Å²) in [4.78, 5) is 0. The van der Waals surface area contributed by atoms with Crippen molar-refractivity contribution in [3.05, 3.63) is 95.3 Å². The summed E-state index contributed by atoms with van der Waals surface area (Å²) in [6, 6.07) is 18.6. The molecule has 3 aromatic carbocycles. The van der Waals surface area contributed by atoms with Gasteiger partial charge in [-0.3, -0.25) is 0 Å². The lowest BCUT2D eigenvalue weighted by Gasteiger charge is -2.28. The smallest absolute Gasteiger partial charge is 0.134 e. The fourth-order valence-corrected chi connectivity index (χ4v) is 5.48. The molecule has 1 saturated carbocycles. The molecule has 0 atom stereocenters. The molecule has 3 aromatic rings. The standard InChI is InChI=1S/C34H39F/c1-3-5-6-7-8-10-27-11-13-28(14-12-27)15-16-29-19-23-33-31(25-29)22-24-32(34(33)35)30-20-17-26(9-4-2)18-21-30/h4,11-14,19,22-26,30H,2-3,5-10,17-18,20-21H2,1H3. The average molecular weight is 467 g/mol. The number of rotatable bonds is 9. The molecule has 0 aliphatic heterocycles. The number of halogens is 1. The Morgan fingerprint density at radius 3 is 2.31 bits per heavy atom. The van der Waals surface area contributed by atoms with Gasteiger partial charge in [-0.1, -0.05) is 80.9 Å². The Hall–Kier alpha value is -2.85. The quantitative estimate of drug-likeness (QED) is 0.167. The molecule has 0 unspecified atom stereocenters. The highest BCUT2D eigenvalue weighted by atomic mass is 19.1. The lowest BCUT2D eigenvalue weighted by atomic mass is 9.77. The van der Waals surface area contributed by atoms with Gasteiger partial charge in [0.25, 0.3) is 0 Å². The molecule has 4 rings (SSSR count). The SMILES string of the molecule is C=CCC1CCC(c2ccc3cc(C#Cc4ccc(CCCCCCC)cc4)ccc3c2F)CC1. The zero-order valence-electron chi connectivity index (χ0n) is 21.3. The fraction of sp³-hybridized carbons (Fsp3) is 0.412. The highest BCUT2D eigenvalue weighted by Crippen LogP contribution is 2.39. The van der Waals surface area contributed by atoms with E-state index in [0.29, 0.717) is 11.3 Å². The molecule has 0 nitrogen and oxygen atoms in total. The van der Waals surface area contributed by atoms with Gasteiger partial charge in [0.2, 0.25) is 0 Å². The number of unbranched alkanes of at least 4 members (excludes halogenated alkanes) is 4. The van der Waals surface area contributed by atoms with E-state index in [1.54, 1.807) is 0 Å². The topological polar surface area (TPSA) is 0 Å². The largest absolute Gasteiger partial charge is 0.206 e. The van der Waals surface area contributed by atoms with E-state index in [2.05, 4.69) is 55.7 Å². The third-order valence-corrected chi connectivity index (χ3v) is 7.64. The summed E-state index contributed by atoms with van der Waals surface area (Å²) >= 11 is 0. The summed E-state index contributed by atoms with van der Waals surface area (Å²) in [5.41, 5.74) is 4.22. The molecule has 182 valence electrons. The van der Waals surface area contributed by atoms with Crippen LogP contribution in [0.2, 0.25) is 0 Å². The summed E-state index contributed by atoms with van der Waals surface area (Å²) in [5.74, 6) is 7.56. The van der Waals surface area contributed by atoms with Gasteiger partial charge in [0.15, 0.2) is 0 Å². The van der Waals surface area contributed by atoms with Crippen molar-refractivity contribution in [2.45, 2.75) is 83.5 Å². The van der Waals surface area contributed by atoms with Crippen LogP contribution in [-0.2, 0) is 6.42 Å². The second kappa shape index (κ2) is 12.7. The van der Waals surface area contributed by atoms with Crippen LogP contribution in [0.25, 0.3) is 10.8 Å². The minimum absolute atomic E-state index is 0.0422. The molecular weight excluding hydrogens is 427 g/mol. The molecule has 0 aromatic heterocycles.